The summed E-state index contributed by atoms with van der Waals surface area (Å²) in [5, 5.41) is 0. The fraction of sp³-hybridized carbons (Fsp3) is 1.00. The van der Waals surface area contributed by atoms with Crippen molar-refractivity contribution in [1.82, 2.24) is 0 Å². The molecule has 0 aromatic carbocycles. The van der Waals surface area contributed by atoms with E-state index in [-0.39, 0.29) is 12.1 Å². The molecule has 2 rings (SSSR count). The van der Waals surface area contributed by atoms with Crippen LogP contribution >= 0.6 is 18.8 Å². The maximum Gasteiger partial charge on any atom is -0.0534 e. The molecule has 0 heterocycles. The summed E-state index contributed by atoms with van der Waals surface area (Å²) >= 11 is -0.472. The Bertz CT molecular complexity index is 133. The minimum atomic E-state index is -0.472. The van der Waals surface area contributed by atoms with E-state index >= 15 is 0 Å². The van der Waals surface area contributed by atoms with Crippen LogP contribution in [0.15, 0.2) is 0 Å². The zero-order valence-electron chi connectivity index (χ0n) is 10.3. The van der Waals surface area contributed by atoms with Gasteiger partial charge in [0.15, 0.2) is 0 Å². The minimum Gasteiger partial charge on any atom is -0.675 e. The summed E-state index contributed by atoms with van der Waals surface area (Å²) in [5.74, 6) is 0. The first-order chi connectivity index (χ1) is 8.20. The molecule has 0 aromatic heterocycles. The molecule has 2 aliphatic rings. The van der Waals surface area contributed by atoms with E-state index in [2.05, 4.69) is 0 Å². The van der Waals surface area contributed by atoms with Gasteiger partial charge in [0.05, 0.1) is 0 Å². The molecule has 0 spiro atoms. The van der Waals surface area contributed by atoms with Gasteiger partial charge in [-0.1, -0.05) is 64.2 Å². The van der Waals surface area contributed by atoms with Crippen LogP contribution in [-0.2, 0) is 16.5 Å². The molecule has 0 radical (unpaired) electrons. The minimum absolute atomic E-state index is 0.286. The van der Waals surface area contributed by atoms with Crippen molar-refractivity contribution in [2.75, 3.05) is 0 Å². The fourth-order valence-corrected chi connectivity index (χ4v) is 2.21. The van der Waals surface area contributed by atoms with Crippen LogP contribution in [0.25, 0.3) is 11.5 Å². The molecule has 0 unspecified atom stereocenters. The number of halogens is 2. The second kappa shape index (κ2) is 13.6. The molecule has 0 saturated heterocycles. The average Bonchev–Trinajstić information content (AvgIpc) is 2.33. The van der Waals surface area contributed by atoms with Gasteiger partial charge in [-0.25, -0.2) is 0 Å². The quantitative estimate of drug-likeness (QED) is 0.417. The summed E-state index contributed by atoms with van der Waals surface area (Å²) in [6, 6.07) is 0.572. The van der Waals surface area contributed by atoms with Crippen molar-refractivity contribution in [3.8, 4) is 0 Å². The van der Waals surface area contributed by atoms with Crippen LogP contribution < -0.4 is 0 Å². The molecule has 0 aliphatic heterocycles. The third-order valence-electron chi connectivity index (χ3n) is 3.21. The van der Waals surface area contributed by atoms with Crippen molar-refractivity contribution in [2.24, 2.45) is 0 Å². The van der Waals surface area contributed by atoms with E-state index in [0.29, 0.717) is 0 Å². The first-order valence-electron chi connectivity index (χ1n) is 6.45. The first kappa shape index (κ1) is 18.2. The van der Waals surface area contributed by atoms with Crippen molar-refractivity contribution in [3.05, 3.63) is 11.5 Å². The van der Waals surface area contributed by atoms with Gasteiger partial charge >= 0.3 is 35.3 Å². The van der Waals surface area contributed by atoms with Gasteiger partial charge in [0.2, 0.25) is 0 Å². The average molecular weight is 462 g/mol. The third kappa shape index (κ3) is 13.4. The summed E-state index contributed by atoms with van der Waals surface area (Å²) in [7, 11) is 9.75. The monoisotopic (exact) mass is 461 g/mol. The van der Waals surface area contributed by atoms with Gasteiger partial charge < -0.3 is 11.5 Å². The smallest absolute Gasteiger partial charge is 0.0534 e. The van der Waals surface area contributed by atoms with Crippen LogP contribution in [0.1, 0.15) is 64.2 Å². The van der Waals surface area contributed by atoms with Crippen molar-refractivity contribution in [2.45, 2.75) is 76.3 Å². The molecular formula is C12H24Cl2N2Pt. The predicted octanol–water partition coefficient (Wildman–Crippen LogP) is 6.12. The Labute approximate surface area is 123 Å². The SMILES string of the molecule is [Cl][Pt+2][Cl].[NH-]C1CCCCC1.[NH-]C1CCCCC1. The zero-order chi connectivity index (χ0) is 12.9. The molecule has 2 saturated carbocycles. The van der Waals surface area contributed by atoms with Gasteiger partial charge in [0, 0.05) is 0 Å². The standard InChI is InChI=1S/2C6H12N.2ClH.Pt/c2*7-6-4-2-1-3-5-6;;;/h2*6-7H,1-5H2;2*1H;/q2*-1;;;+4/p-2. The molecule has 2 N–H and O–H groups in total. The predicted molar refractivity (Wildman–Crippen MR) is 74.1 cm³/mol. The first-order valence-corrected chi connectivity index (χ1v) is 12.1. The number of nitrogens with one attached hydrogen (secondary N) is 2. The number of hydrogen-bond donors (Lipinski definition) is 0. The summed E-state index contributed by atoms with van der Waals surface area (Å²) in [6.07, 6.45) is 12.6. The summed E-state index contributed by atoms with van der Waals surface area (Å²) in [5.41, 5.74) is 14.5. The van der Waals surface area contributed by atoms with E-state index in [1.807, 2.05) is 0 Å². The van der Waals surface area contributed by atoms with Crippen LogP contribution in [-0.4, -0.2) is 12.1 Å². The molecule has 2 fully saturated rings. The Hall–Kier alpha value is 1.19. The molecule has 2 aliphatic carbocycles. The van der Waals surface area contributed by atoms with Crippen LogP contribution in [0.2, 0.25) is 0 Å². The molecule has 0 atom stereocenters. The van der Waals surface area contributed by atoms with E-state index in [9.17, 15) is 0 Å². The molecular weight excluding hydrogens is 438 g/mol. The molecule has 106 valence electrons. The van der Waals surface area contributed by atoms with Crippen LogP contribution in [0.3, 0.4) is 0 Å². The van der Waals surface area contributed by atoms with Gasteiger partial charge in [-0.2, -0.15) is 0 Å². The Morgan fingerprint density at radius 1 is 0.647 bits per heavy atom. The second-order valence-corrected chi connectivity index (χ2v) is 8.00. The molecule has 17 heavy (non-hydrogen) atoms. The molecule has 0 aromatic rings. The van der Waals surface area contributed by atoms with E-state index in [1.165, 1.54) is 38.5 Å². The van der Waals surface area contributed by atoms with Crippen molar-refractivity contribution in [1.29, 1.82) is 0 Å². The van der Waals surface area contributed by atoms with Gasteiger partial charge in [0.1, 0.15) is 0 Å². The summed E-state index contributed by atoms with van der Waals surface area (Å²) in [6.45, 7) is 0. The number of rotatable bonds is 0. The Morgan fingerprint density at radius 2 is 0.882 bits per heavy atom. The molecule has 2 nitrogen and oxygen atoms in total. The largest absolute Gasteiger partial charge is 0.675 e. The van der Waals surface area contributed by atoms with Crippen molar-refractivity contribution < 1.29 is 16.5 Å². The van der Waals surface area contributed by atoms with E-state index in [1.54, 1.807) is 0 Å². The maximum atomic E-state index is 7.27. The topological polar surface area (TPSA) is 47.6 Å². The van der Waals surface area contributed by atoms with E-state index < -0.39 is 16.5 Å². The van der Waals surface area contributed by atoms with Gasteiger partial charge in [0.25, 0.3) is 0 Å². The van der Waals surface area contributed by atoms with E-state index in [0.717, 1.165) is 25.7 Å². The second-order valence-electron chi connectivity index (χ2n) is 4.72. The Morgan fingerprint density at radius 3 is 1.00 bits per heavy atom. The Kier molecular flexibility index (Phi) is 14.6. The van der Waals surface area contributed by atoms with Crippen LogP contribution in [0, 0.1) is 0 Å². The summed E-state index contributed by atoms with van der Waals surface area (Å²) < 4.78 is 0. The van der Waals surface area contributed by atoms with Crippen molar-refractivity contribution >= 4 is 18.8 Å². The van der Waals surface area contributed by atoms with Crippen molar-refractivity contribution in [3.63, 3.8) is 0 Å². The summed E-state index contributed by atoms with van der Waals surface area (Å²) in [4.78, 5) is 0. The maximum absolute atomic E-state index is 7.27. The Balaban J connectivity index is 0.000000247. The molecule has 5 heteroatoms. The normalized spacial score (nSPS) is 22.1. The molecule has 0 bridgehead atoms. The van der Waals surface area contributed by atoms with Gasteiger partial charge in [-0.3, -0.25) is 0 Å². The fourth-order valence-electron chi connectivity index (χ4n) is 2.21. The van der Waals surface area contributed by atoms with Gasteiger partial charge in [-0.15, -0.1) is 12.1 Å². The zero-order valence-corrected chi connectivity index (χ0v) is 14.1. The van der Waals surface area contributed by atoms with E-state index in [4.69, 9.17) is 30.3 Å². The molecule has 0 amide bonds. The third-order valence-corrected chi connectivity index (χ3v) is 3.21. The van der Waals surface area contributed by atoms with Gasteiger partial charge in [-0.05, 0) is 0 Å². The number of hydrogen-bond acceptors (Lipinski definition) is 0. The van der Waals surface area contributed by atoms with Crippen LogP contribution in [0.4, 0.5) is 0 Å². The van der Waals surface area contributed by atoms with Crippen LogP contribution in [0.5, 0.6) is 0 Å².